The number of aryl methyl sites for hydroxylation is 2. The number of aromatic nitrogens is 3. The van der Waals surface area contributed by atoms with Gasteiger partial charge in [0, 0.05) is 24.5 Å². The van der Waals surface area contributed by atoms with E-state index in [4.69, 9.17) is 0 Å². The van der Waals surface area contributed by atoms with E-state index >= 15 is 0 Å². The molecule has 0 saturated heterocycles. The maximum absolute atomic E-state index is 12.4. The van der Waals surface area contributed by atoms with Gasteiger partial charge < -0.3 is 10.2 Å². The zero-order valence-electron chi connectivity index (χ0n) is 18.0. The number of halogens is 1. The van der Waals surface area contributed by atoms with Gasteiger partial charge in [-0.05, 0) is 80.6 Å². The normalized spacial score (nSPS) is 10.7. The summed E-state index contributed by atoms with van der Waals surface area (Å²) in [6, 6.07) is 13.9. The van der Waals surface area contributed by atoms with E-state index in [9.17, 15) is 4.79 Å². The highest BCUT2D eigenvalue weighted by Crippen LogP contribution is 2.25. The number of rotatable bonds is 6. The number of carbonyl (C=O) groups is 1. The molecule has 2 aromatic carbocycles. The third kappa shape index (κ3) is 4.57. The molecule has 0 aliphatic heterocycles. The van der Waals surface area contributed by atoms with Crippen LogP contribution >= 0.6 is 23.7 Å². The monoisotopic (exact) mass is 455 g/mol. The molecule has 2 heterocycles. The maximum Gasteiger partial charge on any atom is 0.265 e. The topological polar surface area (TPSA) is 63.1 Å². The van der Waals surface area contributed by atoms with Crippen molar-refractivity contribution < 1.29 is 4.79 Å². The Morgan fingerprint density at radius 2 is 1.74 bits per heavy atom. The number of nitrogens with zero attached hydrogens (tertiary/aromatic N) is 4. The quantitative estimate of drug-likeness (QED) is 0.410. The molecule has 4 aromatic rings. The second kappa shape index (κ2) is 9.49. The standard InChI is InChI=1S/C23H25N5OS.ClH/c1-5-27(6-2)17-9-10-21(16(4)12-17)28-25-19-13-15(3)18(14-20(19)26-28)24-23(29)22-8-7-11-30-22;/h7-14H,5-6H2,1-4H3,(H,24,29);1H. The van der Waals surface area contributed by atoms with Crippen molar-refractivity contribution in [3.63, 3.8) is 0 Å². The predicted octanol–water partition coefficient (Wildman–Crippen LogP) is 5.62. The molecular formula is C23H26ClN5OS. The third-order valence-corrected chi connectivity index (χ3v) is 6.11. The zero-order valence-corrected chi connectivity index (χ0v) is 19.7. The van der Waals surface area contributed by atoms with Crippen LogP contribution in [-0.2, 0) is 0 Å². The van der Waals surface area contributed by atoms with Crippen LogP contribution in [0.1, 0.15) is 34.6 Å². The van der Waals surface area contributed by atoms with Gasteiger partial charge in [0.1, 0.15) is 11.0 Å². The van der Waals surface area contributed by atoms with Crippen LogP contribution in [0.15, 0.2) is 47.8 Å². The number of nitrogens with one attached hydrogen (secondary N) is 1. The van der Waals surface area contributed by atoms with Crippen molar-refractivity contribution >= 4 is 52.1 Å². The largest absolute Gasteiger partial charge is 0.372 e. The molecule has 0 aliphatic rings. The molecule has 4 rings (SSSR count). The maximum atomic E-state index is 12.4. The number of carbonyl (C=O) groups excluding carboxylic acids is 1. The molecule has 0 atom stereocenters. The Morgan fingerprint density at radius 3 is 2.35 bits per heavy atom. The van der Waals surface area contributed by atoms with Crippen molar-refractivity contribution in [3.8, 4) is 5.69 Å². The molecule has 0 saturated carbocycles. The summed E-state index contributed by atoms with van der Waals surface area (Å²) in [4.78, 5) is 17.1. The van der Waals surface area contributed by atoms with Crippen LogP contribution in [0.5, 0.6) is 0 Å². The van der Waals surface area contributed by atoms with Crippen LogP contribution in [-0.4, -0.2) is 34.0 Å². The van der Waals surface area contributed by atoms with Crippen molar-refractivity contribution in [3.05, 3.63) is 63.8 Å². The summed E-state index contributed by atoms with van der Waals surface area (Å²) in [5.41, 5.74) is 6.51. The molecular weight excluding hydrogens is 430 g/mol. The van der Waals surface area contributed by atoms with Crippen molar-refractivity contribution in [2.75, 3.05) is 23.3 Å². The fraction of sp³-hybridized carbons (Fsp3) is 0.261. The van der Waals surface area contributed by atoms with Gasteiger partial charge in [0.25, 0.3) is 5.91 Å². The lowest BCUT2D eigenvalue weighted by molar-refractivity contribution is 0.103. The highest BCUT2D eigenvalue weighted by Gasteiger charge is 2.14. The van der Waals surface area contributed by atoms with Gasteiger partial charge in [0.05, 0.1) is 10.6 Å². The summed E-state index contributed by atoms with van der Waals surface area (Å²) in [5.74, 6) is -0.109. The fourth-order valence-corrected chi connectivity index (χ4v) is 4.17. The highest BCUT2D eigenvalue weighted by molar-refractivity contribution is 7.12. The number of hydrogen-bond acceptors (Lipinski definition) is 5. The van der Waals surface area contributed by atoms with E-state index in [1.165, 1.54) is 17.0 Å². The second-order valence-electron chi connectivity index (χ2n) is 7.22. The summed E-state index contributed by atoms with van der Waals surface area (Å²) in [5, 5.41) is 14.2. The fourth-order valence-electron chi connectivity index (χ4n) is 3.55. The molecule has 0 aliphatic carbocycles. The van der Waals surface area contributed by atoms with Crippen molar-refractivity contribution in [1.29, 1.82) is 0 Å². The number of thiophene rings is 1. The Morgan fingerprint density at radius 1 is 1.03 bits per heavy atom. The van der Waals surface area contributed by atoms with E-state index in [1.807, 2.05) is 36.6 Å². The van der Waals surface area contributed by atoms with Crippen molar-refractivity contribution in [2.45, 2.75) is 27.7 Å². The Balaban J connectivity index is 0.00000272. The van der Waals surface area contributed by atoms with Gasteiger partial charge in [-0.2, -0.15) is 4.80 Å². The summed E-state index contributed by atoms with van der Waals surface area (Å²) >= 11 is 1.42. The minimum Gasteiger partial charge on any atom is -0.372 e. The van der Waals surface area contributed by atoms with E-state index in [-0.39, 0.29) is 18.3 Å². The van der Waals surface area contributed by atoms with Gasteiger partial charge in [0.2, 0.25) is 0 Å². The number of anilines is 2. The molecule has 1 N–H and O–H groups in total. The highest BCUT2D eigenvalue weighted by atomic mass is 35.5. The molecule has 0 unspecified atom stereocenters. The third-order valence-electron chi connectivity index (χ3n) is 5.24. The molecule has 0 spiro atoms. The smallest absolute Gasteiger partial charge is 0.265 e. The molecule has 8 heteroatoms. The number of amides is 1. The van der Waals surface area contributed by atoms with Gasteiger partial charge in [-0.25, -0.2) is 0 Å². The summed E-state index contributed by atoms with van der Waals surface area (Å²) in [7, 11) is 0. The molecule has 0 radical (unpaired) electrons. The lowest BCUT2D eigenvalue weighted by atomic mass is 10.1. The van der Waals surface area contributed by atoms with E-state index in [1.54, 1.807) is 4.80 Å². The average Bonchev–Trinajstić information content (AvgIpc) is 3.39. The lowest BCUT2D eigenvalue weighted by Gasteiger charge is -2.22. The average molecular weight is 456 g/mol. The molecule has 2 aromatic heterocycles. The summed E-state index contributed by atoms with van der Waals surface area (Å²) in [6.45, 7) is 10.3. The second-order valence-corrected chi connectivity index (χ2v) is 8.17. The van der Waals surface area contributed by atoms with Gasteiger partial charge >= 0.3 is 0 Å². The van der Waals surface area contributed by atoms with E-state index < -0.39 is 0 Å². The minimum atomic E-state index is -0.109. The van der Waals surface area contributed by atoms with Crippen LogP contribution in [0.2, 0.25) is 0 Å². The van der Waals surface area contributed by atoms with Gasteiger partial charge in [-0.1, -0.05) is 6.07 Å². The molecule has 0 fully saturated rings. The molecule has 1 amide bonds. The van der Waals surface area contributed by atoms with E-state index in [0.29, 0.717) is 4.88 Å². The van der Waals surface area contributed by atoms with Crippen LogP contribution in [0, 0.1) is 13.8 Å². The van der Waals surface area contributed by atoms with Crippen LogP contribution in [0.3, 0.4) is 0 Å². The molecule has 31 heavy (non-hydrogen) atoms. The van der Waals surface area contributed by atoms with Crippen molar-refractivity contribution in [1.82, 2.24) is 15.0 Å². The van der Waals surface area contributed by atoms with E-state index in [2.05, 4.69) is 59.4 Å². The van der Waals surface area contributed by atoms with Crippen LogP contribution in [0.4, 0.5) is 11.4 Å². The Kier molecular flexibility index (Phi) is 6.97. The van der Waals surface area contributed by atoms with Crippen LogP contribution < -0.4 is 10.2 Å². The number of hydrogen-bond donors (Lipinski definition) is 1. The summed E-state index contributed by atoms with van der Waals surface area (Å²) in [6.07, 6.45) is 0. The first-order valence-corrected chi connectivity index (χ1v) is 11.0. The zero-order chi connectivity index (χ0) is 21.3. The molecule has 0 bridgehead atoms. The number of benzene rings is 2. The van der Waals surface area contributed by atoms with Gasteiger partial charge in [-0.3, -0.25) is 4.79 Å². The Hall–Kier alpha value is -2.90. The predicted molar refractivity (Wildman–Crippen MR) is 131 cm³/mol. The SMILES string of the molecule is CCN(CC)c1ccc(-n2nc3cc(C)c(NC(=O)c4cccs4)cc3n2)c(C)c1.Cl. The Labute approximate surface area is 192 Å². The van der Waals surface area contributed by atoms with E-state index in [0.717, 1.165) is 46.6 Å². The first-order chi connectivity index (χ1) is 14.5. The van der Waals surface area contributed by atoms with Crippen LogP contribution in [0.25, 0.3) is 16.7 Å². The summed E-state index contributed by atoms with van der Waals surface area (Å²) < 4.78 is 0. The first kappa shape index (κ1) is 22.8. The van der Waals surface area contributed by atoms with Gasteiger partial charge in [0.15, 0.2) is 0 Å². The van der Waals surface area contributed by atoms with Crippen molar-refractivity contribution in [2.24, 2.45) is 0 Å². The molecule has 6 nitrogen and oxygen atoms in total. The number of fused-ring (bicyclic) bond motifs is 1. The minimum absolute atomic E-state index is 0. The lowest BCUT2D eigenvalue weighted by Crippen LogP contribution is -2.21. The van der Waals surface area contributed by atoms with Gasteiger partial charge in [-0.15, -0.1) is 33.9 Å². The molecule has 162 valence electrons. The first-order valence-electron chi connectivity index (χ1n) is 10.1. The Bertz CT molecular complexity index is 1200.